The van der Waals surface area contributed by atoms with Crippen LogP contribution >= 0.6 is 0 Å². The Balaban J connectivity index is 1.93. The molecule has 1 heterocycles. The van der Waals surface area contributed by atoms with Crippen molar-refractivity contribution in [3.8, 4) is 0 Å². The van der Waals surface area contributed by atoms with Crippen molar-refractivity contribution in [1.29, 1.82) is 0 Å². The second kappa shape index (κ2) is 4.15. The zero-order chi connectivity index (χ0) is 13.6. The van der Waals surface area contributed by atoms with Crippen LogP contribution in [0.5, 0.6) is 0 Å². The number of hydrogen-bond acceptors (Lipinski definition) is 2. The molecule has 1 fully saturated rings. The fourth-order valence-corrected chi connectivity index (χ4v) is 3.40. The minimum atomic E-state index is -0.356. The molecule has 0 saturated carbocycles. The average molecular weight is 261 g/mol. The summed E-state index contributed by atoms with van der Waals surface area (Å²) >= 11 is 0. The Kier molecular flexibility index (Phi) is 2.69. The van der Waals surface area contributed by atoms with Crippen molar-refractivity contribution in [1.82, 2.24) is 4.90 Å². The van der Waals surface area contributed by atoms with Gasteiger partial charge in [0.15, 0.2) is 5.78 Å². The molecule has 1 spiro atoms. The largest absolute Gasteiger partial charge is 0.343 e. The first-order chi connectivity index (χ1) is 9.02. The second-order valence-corrected chi connectivity index (χ2v) is 5.58. The van der Waals surface area contributed by atoms with Gasteiger partial charge in [0.25, 0.3) is 0 Å². The molecule has 1 saturated heterocycles. The Morgan fingerprint density at radius 3 is 2.63 bits per heavy atom. The Morgan fingerprint density at radius 2 is 2.00 bits per heavy atom. The number of rotatable bonds is 0. The second-order valence-electron chi connectivity index (χ2n) is 5.58. The number of carbonyl (C=O) groups is 2. The van der Waals surface area contributed by atoms with E-state index in [2.05, 4.69) is 0 Å². The molecule has 1 aromatic carbocycles. The maximum absolute atomic E-state index is 13.3. The standard InChI is InChI=1S/C15H16FNO2/c1-10(18)17-6-4-15(5-7-17)9-14(19)12-8-11(16)2-3-13(12)15/h2-3,8H,4-7,9H2,1H3. The van der Waals surface area contributed by atoms with Crippen LogP contribution in [0.15, 0.2) is 18.2 Å². The van der Waals surface area contributed by atoms with E-state index in [0.717, 1.165) is 18.4 Å². The van der Waals surface area contributed by atoms with E-state index in [1.807, 2.05) is 4.90 Å². The number of fused-ring (bicyclic) bond motifs is 2. The summed E-state index contributed by atoms with van der Waals surface area (Å²) in [5.41, 5.74) is 1.34. The van der Waals surface area contributed by atoms with E-state index in [9.17, 15) is 14.0 Å². The number of benzene rings is 1. The molecule has 4 heteroatoms. The van der Waals surface area contributed by atoms with Crippen molar-refractivity contribution in [3.63, 3.8) is 0 Å². The number of carbonyl (C=O) groups excluding carboxylic acids is 2. The van der Waals surface area contributed by atoms with Crippen LogP contribution in [0.25, 0.3) is 0 Å². The summed E-state index contributed by atoms with van der Waals surface area (Å²) in [7, 11) is 0. The lowest BCUT2D eigenvalue weighted by atomic mass is 9.74. The quantitative estimate of drug-likeness (QED) is 0.718. The van der Waals surface area contributed by atoms with Gasteiger partial charge in [0.2, 0.25) is 5.91 Å². The average Bonchev–Trinajstić information content (AvgIpc) is 2.63. The molecule has 1 aliphatic heterocycles. The van der Waals surface area contributed by atoms with Gasteiger partial charge >= 0.3 is 0 Å². The lowest BCUT2D eigenvalue weighted by molar-refractivity contribution is -0.130. The first kappa shape index (κ1) is 12.3. The van der Waals surface area contributed by atoms with E-state index in [1.54, 1.807) is 13.0 Å². The van der Waals surface area contributed by atoms with Crippen molar-refractivity contribution in [3.05, 3.63) is 35.1 Å². The molecule has 0 N–H and O–H groups in total. The van der Waals surface area contributed by atoms with Gasteiger partial charge < -0.3 is 4.90 Å². The summed E-state index contributed by atoms with van der Waals surface area (Å²) in [6, 6.07) is 4.53. The van der Waals surface area contributed by atoms with Crippen LogP contribution in [0.4, 0.5) is 4.39 Å². The molecule has 19 heavy (non-hydrogen) atoms. The molecular weight excluding hydrogens is 245 g/mol. The number of ketones is 1. The molecule has 3 rings (SSSR count). The molecule has 0 bridgehead atoms. The van der Waals surface area contributed by atoms with Gasteiger partial charge in [-0.25, -0.2) is 4.39 Å². The molecule has 0 unspecified atom stereocenters. The van der Waals surface area contributed by atoms with Gasteiger partial charge in [-0.2, -0.15) is 0 Å². The minimum absolute atomic E-state index is 0.0331. The van der Waals surface area contributed by atoms with Gasteiger partial charge in [0.05, 0.1) is 0 Å². The molecule has 2 aliphatic rings. The first-order valence-electron chi connectivity index (χ1n) is 6.61. The molecule has 3 nitrogen and oxygen atoms in total. The number of hydrogen-bond donors (Lipinski definition) is 0. The van der Waals surface area contributed by atoms with Gasteiger partial charge in [-0.05, 0) is 30.5 Å². The Labute approximate surface area is 111 Å². The predicted octanol–water partition coefficient (Wildman–Crippen LogP) is 2.29. The summed E-state index contributed by atoms with van der Waals surface area (Å²) < 4.78 is 13.3. The van der Waals surface area contributed by atoms with E-state index in [0.29, 0.717) is 25.1 Å². The summed E-state index contributed by atoms with van der Waals surface area (Å²) in [6.45, 7) is 2.93. The minimum Gasteiger partial charge on any atom is -0.343 e. The molecule has 1 amide bonds. The summed E-state index contributed by atoms with van der Waals surface area (Å²) in [5, 5.41) is 0. The molecule has 0 aromatic heterocycles. The Bertz CT molecular complexity index is 559. The number of amides is 1. The molecular formula is C15H16FNO2. The van der Waals surface area contributed by atoms with Gasteiger partial charge in [0.1, 0.15) is 5.82 Å². The molecule has 0 radical (unpaired) electrons. The maximum atomic E-state index is 13.3. The highest BCUT2D eigenvalue weighted by Crippen LogP contribution is 2.46. The fraction of sp³-hybridized carbons (Fsp3) is 0.467. The summed E-state index contributed by atoms with van der Waals surface area (Å²) in [5.74, 6) is -0.241. The highest BCUT2D eigenvalue weighted by atomic mass is 19.1. The lowest BCUT2D eigenvalue weighted by Crippen LogP contribution is -2.43. The van der Waals surface area contributed by atoms with Crippen LogP contribution in [-0.4, -0.2) is 29.7 Å². The first-order valence-corrected chi connectivity index (χ1v) is 6.61. The van der Waals surface area contributed by atoms with Crippen LogP contribution < -0.4 is 0 Å². The SMILES string of the molecule is CC(=O)N1CCC2(CC1)CC(=O)c1cc(F)ccc12. The third kappa shape index (κ3) is 1.86. The Morgan fingerprint density at radius 1 is 1.32 bits per heavy atom. The van der Waals surface area contributed by atoms with Crippen molar-refractivity contribution in [2.45, 2.75) is 31.6 Å². The number of likely N-dealkylation sites (tertiary alicyclic amines) is 1. The van der Waals surface area contributed by atoms with Crippen molar-refractivity contribution in [2.75, 3.05) is 13.1 Å². The normalized spacial score (nSPS) is 20.7. The van der Waals surface area contributed by atoms with Crippen LogP contribution in [-0.2, 0) is 10.2 Å². The zero-order valence-corrected chi connectivity index (χ0v) is 10.9. The van der Waals surface area contributed by atoms with Gasteiger partial charge in [0, 0.05) is 37.4 Å². The highest BCUT2D eigenvalue weighted by molar-refractivity contribution is 6.02. The third-order valence-electron chi connectivity index (χ3n) is 4.52. The van der Waals surface area contributed by atoms with Crippen LogP contribution in [0.2, 0.25) is 0 Å². The van der Waals surface area contributed by atoms with E-state index in [1.165, 1.54) is 12.1 Å². The Hall–Kier alpha value is -1.71. The summed E-state index contributed by atoms with van der Waals surface area (Å²) in [4.78, 5) is 25.2. The van der Waals surface area contributed by atoms with Crippen LogP contribution in [0, 0.1) is 5.82 Å². The molecule has 1 aromatic rings. The predicted molar refractivity (Wildman–Crippen MR) is 68.5 cm³/mol. The van der Waals surface area contributed by atoms with Crippen molar-refractivity contribution in [2.24, 2.45) is 0 Å². The van der Waals surface area contributed by atoms with Crippen LogP contribution in [0.1, 0.15) is 42.1 Å². The fourth-order valence-electron chi connectivity index (χ4n) is 3.40. The van der Waals surface area contributed by atoms with Crippen molar-refractivity contribution >= 4 is 11.7 Å². The molecule has 1 aliphatic carbocycles. The number of Topliss-reactive ketones (excluding diaryl/α,β-unsaturated/α-hetero) is 1. The maximum Gasteiger partial charge on any atom is 0.219 e. The van der Waals surface area contributed by atoms with E-state index in [4.69, 9.17) is 0 Å². The van der Waals surface area contributed by atoms with Gasteiger partial charge in [-0.1, -0.05) is 6.07 Å². The number of halogens is 1. The van der Waals surface area contributed by atoms with Gasteiger partial charge in [-0.3, -0.25) is 9.59 Å². The lowest BCUT2D eigenvalue weighted by Gasteiger charge is -2.39. The van der Waals surface area contributed by atoms with E-state index >= 15 is 0 Å². The number of nitrogens with zero attached hydrogens (tertiary/aromatic N) is 1. The van der Waals surface area contributed by atoms with E-state index < -0.39 is 0 Å². The topological polar surface area (TPSA) is 37.4 Å². The van der Waals surface area contributed by atoms with Crippen molar-refractivity contribution < 1.29 is 14.0 Å². The highest BCUT2D eigenvalue weighted by Gasteiger charge is 2.45. The summed E-state index contributed by atoms with van der Waals surface area (Å²) in [6.07, 6.45) is 2.03. The van der Waals surface area contributed by atoms with Gasteiger partial charge in [-0.15, -0.1) is 0 Å². The van der Waals surface area contributed by atoms with Crippen LogP contribution in [0.3, 0.4) is 0 Å². The monoisotopic (exact) mass is 261 g/mol. The molecule has 0 atom stereocenters. The number of piperidine rings is 1. The zero-order valence-electron chi connectivity index (χ0n) is 10.9. The smallest absolute Gasteiger partial charge is 0.219 e. The molecule has 100 valence electrons. The third-order valence-corrected chi connectivity index (χ3v) is 4.52. The van der Waals surface area contributed by atoms with E-state index in [-0.39, 0.29) is 22.9 Å².